The van der Waals surface area contributed by atoms with Gasteiger partial charge in [-0.15, -0.1) is 16.7 Å². The van der Waals surface area contributed by atoms with Crippen LogP contribution in [0.15, 0.2) is 58.7 Å². The van der Waals surface area contributed by atoms with Gasteiger partial charge in [0, 0.05) is 28.6 Å². The first-order chi connectivity index (χ1) is 13.8. The van der Waals surface area contributed by atoms with Crippen molar-refractivity contribution >= 4 is 58.2 Å². The monoisotopic (exact) mass is 428 g/mol. The van der Waals surface area contributed by atoms with E-state index in [1.54, 1.807) is 30.4 Å². The van der Waals surface area contributed by atoms with Crippen molar-refractivity contribution in [1.29, 1.82) is 0 Å². The van der Waals surface area contributed by atoms with Crippen LogP contribution in [0, 0.1) is 0 Å². The number of ether oxygens (including phenoxy) is 1. The number of hydrogen-bond acceptors (Lipinski definition) is 8. The molecule has 2 aromatic heterocycles. The number of thioether (sulfide) groups is 3. The van der Waals surface area contributed by atoms with E-state index in [1.807, 2.05) is 23.5 Å². The standard InChI is InChI=1S/C18H16N6OS3/c1-2-20-16-15(19-1)17(23-3-5-25-7-13(23)8-27-11-23)22-18(21-16)24-4-6-26-9-14(24)10-28-12-24/h1-6,8,10H,7,9,11-12H2/q+2. The highest BCUT2D eigenvalue weighted by Crippen LogP contribution is 2.46. The summed E-state index contributed by atoms with van der Waals surface area (Å²) in [6, 6.07) is 0. The molecule has 2 aromatic rings. The molecule has 0 N–H and O–H groups in total. The Morgan fingerprint density at radius 3 is 2.71 bits per heavy atom. The Kier molecular flexibility index (Phi) is 3.85. The summed E-state index contributed by atoms with van der Waals surface area (Å²) in [5.41, 5.74) is 3.87. The second-order valence-corrected chi connectivity index (χ2v) is 9.36. The van der Waals surface area contributed by atoms with E-state index in [1.165, 1.54) is 11.4 Å². The Morgan fingerprint density at radius 2 is 1.75 bits per heavy atom. The number of quaternary nitrogens is 2. The first-order valence-corrected chi connectivity index (χ1v) is 11.9. The third-order valence-corrected chi connectivity index (χ3v) is 8.11. The summed E-state index contributed by atoms with van der Waals surface area (Å²) in [6.45, 7) is 0.558. The van der Waals surface area contributed by atoms with Crippen LogP contribution in [0.3, 0.4) is 0 Å². The Bertz CT molecular complexity index is 1120. The van der Waals surface area contributed by atoms with Gasteiger partial charge in [0.2, 0.25) is 0 Å². The van der Waals surface area contributed by atoms with Crippen LogP contribution in [0.1, 0.15) is 0 Å². The number of hydrogen-bond donors (Lipinski definition) is 0. The smallest absolute Gasteiger partial charge is 0.346 e. The molecule has 0 bridgehead atoms. The first kappa shape index (κ1) is 17.0. The van der Waals surface area contributed by atoms with Crippen molar-refractivity contribution < 1.29 is 4.74 Å². The Morgan fingerprint density at radius 1 is 0.893 bits per heavy atom. The molecule has 0 amide bonds. The maximum atomic E-state index is 5.57. The fourth-order valence-corrected chi connectivity index (χ4v) is 7.06. The van der Waals surface area contributed by atoms with Crippen LogP contribution in [0.5, 0.6) is 0 Å². The fraction of sp³-hybridized carbons (Fsp3) is 0.222. The predicted octanol–water partition coefficient (Wildman–Crippen LogP) is 3.85. The molecule has 2 atom stereocenters. The van der Waals surface area contributed by atoms with Gasteiger partial charge in [-0.25, -0.2) is 14.5 Å². The minimum Gasteiger partial charge on any atom is -0.485 e. The average Bonchev–Trinajstić information content (AvgIpc) is 3.38. The van der Waals surface area contributed by atoms with Crippen molar-refractivity contribution in [1.82, 2.24) is 28.9 Å². The molecular formula is C18H16N6OS3+2. The fourth-order valence-electron chi connectivity index (χ4n) is 3.81. The van der Waals surface area contributed by atoms with Crippen molar-refractivity contribution in [3.63, 3.8) is 0 Å². The first-order valence-electron chi connectivity index (χ1n) is 8.78. The van der Waals surface area contributed by atoms with Gasteiger partial charge >= 0.3 is 5.95 Å². The zero-order valence-electron chi connectivity index (χ0n) is 14.8. The SMILES string of the molecule is C1=C[N+]2(c3nc([N+]45C=CSCC4=CSC5)nc4nccnc34)CSC=C2CO1. The van der Waals surface area contributed by atoms with Crippen LogP contribution in [0.2, 0.25) is 0 Å². The minimum atomic E-state index is 0.514. The molecule has 0 saturated carbocycles. The van der Waals surface area contributed by atoms with Crippen molar-refractivity contribution in [2.45, 2.75) is 0 Å². The second-order valence-electron chi connectivity index (χ2n) is 6.82. The molecule has 0 aromatic carbocycles. The van der Waals surface area contributed by atoms with Gasteiger partial charge in [-0.05, 0) is 0 Å². The van der Waals surface area contributed by atoms with Crippen molar-refractivity contribution in [3.8, 4) is 0 Å². The summed E-state index contributed by atoms with van der Waals surface area (Å²) >= 11 is 5.40. The van der Waals surface area contributed by atoms with Crippen molar-refractivity contribution in [2.75, 3.05) is 24.1 Å². The van der Waals surface area contributed by atoms with E-state index in [2.05, 4.69) is 38.6 Å². The summed E-state index contributed by atoms with van der Waals surface area (Å²) in [4.78, 5) is 19.2. The molecular weight excluding hydrogens is 412 g/mol. The highest BCUT2D eigenvalue weighted by molar-refractivity contribution is 8.03. The van der Waals surface area contributed by atoms with Gasteiger partial charge in [0.05, 0.1) is 5.75 Å². The number of nitrogens with zero attached hydrogens (tertiary/aromatic N) is 6. The third-order valence-electron chi connectivity index (χ3n) is 5.34. The Balaban J connectivity index is 1.64. The predicted molar refractivity (Wildman–Crippen MR) is 116 cm³/mol. The van der Waals surface area contributed by atoms with Crippen LogP contribution in [-0.2, 0) is 4.74 Å². The van der Waals surface area contributed by atoms with E-state index in [0.29, 0.717) is 21.2 Å². The molecule has 4 aliphatic rings. The van der Waals surface area contributed by atoms with E-state index < -0.39 is 0 Å². The zero-order chi connectivity index (χ0) is 18.6. The van der Waals surface area contributed by atoms with Crippen LogP contribution >= 0.6 is 35.3 Å². The molecule has 28 heavy (non-hydrogen) atoms. The molecule has 140 valence electrons. The summed E-state index contributed by atoms with van der Waals surface area (Å²) in [6.07, 6.45) is 9.45. The summed E-state index contributed by atoms with van der Waals surface area (Å²) in [5, 5.41) is 6.58. The molecule has 7 nitrogen and oxygen atoms in total. The molecule has 0 saturated heterocycles. The topological polar surface area (TPSA) is 60.8 Å². The normalized spacial score (nSPS) is 30.6. The maximum Gasteiger partial charge on any atom is 0.346 e. The highest BCUT2D eigenvalue weighted by atomic mass is 32.2. The van der Waals surface area contributed by atoms with Gasteiger partial charge in [-0.3, -0.25) is 0 Å². The van der Waals surface area contributed by atoms with E-state index >= 15 is 0 Å². The lowest BCUT2D eigenvalue weighted by Crippen LogP contribution is -2.46. The van der Waals surface area contributed by atoms with E-state index in [4.69, 9.17) is 14.7 Å². The van der Waals surface area contributed by atoms with Gasteiger partial charge in [-0.2, -0.15) is 9.47 Å². The molecule has 6 rings (SSSR count). The lowest BCUT2D eigenvalue weighted by Gasteiger charge is -2.34. The summed E-state index contributed by atoms with van der Waals surface area (Å²) < 4.78 is 6.64. The number of rotatable bonds is 2. The maximum absolute atomic E-state index is 5.57. The summed E-state index contributed by atoms with van der Waals surface area (Å²) in [5.74, 6) is 4.29. The van der Waals surface area contributed by atoms with Crippen LogP contribution in [0.4, 0.5) is 11.8 Å². The largest absolute Gasteiger partial charge is 0.485 e. The van der Waals surface area contributed by atoms with Gasteiger partial charge in [0.1, 0.15) is 36.1 Å². The van der Waals surface area contributed by atoms with Crippen LogP contribution in [-0.4, -0.2) is 44.0 Å². The summed E-state index contributed by atoms with van der Waals surface area (Å²) in [7, 11) is 0. The zero-order valence-corrected chi connectivity index (χ0v) is 17.2. The number of fused-ring (bicyclic) bond motifs is 3. The Labute approximate surface area is 174 Å². The lowest BCUT2D eigenvalue weighted by atomic mass is 10.3. The molecule has 0 aliphatic carbocycles. The lowest BCUT2D eigenvalue weighted by molar-refractivity contribution is 0.226. The van der Waals surface area contributed by atoms with Crippen molar-refractivity contribution in [3.05, 3.63) is 58.7 Å². The van der Waals surface area contributed by atoms with Gasteiger partial charge < -0.3 is 4.74 Å². The molecule has 6 heterocycles. The van der Waals surface area contributed by atoms with Gasteiger partial charge in [0.15, 0.2) is 23.5 Å². The van der Waals surface area contributed by atoms with E-state index in [9.17, 15) is 0 Å². The quantitative estimate of drug-likeness (QED) is 0.669. The van der Waals surface area contributed by atoms with Crippen molar-refractivity contribution in [2.24, 2.45) is 0 Å². The van der Waals surface area contributed by atoms with E-state index in [-0.39, 0.29) is 0 Å². The highest BCUT2D eigenvalue weighted by Gasteiger charge is 2.48. The third kappa shape index (κ3) is 2.29. The number of aromatic nitrogens is 4. The van der Waals surface area contributed by atoms with Crippen LogP contribution in [0.25, 0.3) is 11.2 Å². The second kappa shape index (κ2) is 6.33. The molecule has 10 heteroatoms. The molecule has 4 aliphatic heterocycles. The minimum absolute atomic E-state index is 0.514. The van der Waals surface area contributed by atoms with Gasteiger partial charge in [-0.1, -0.05) is 23.5 Å². The molecule has 0 spiro atoms. The average molecular weight is 429 g/mol. The molecule has 0 fully saturated rings. The van der Waals surface area contributed by atoms with Crippen LogP contribution < -0.4 is 8.97 Å². The van der Waals surface area contributed by atoms with Gasteiger partial charge in [0.25, 0.3) is 5.82 Å². The molecule has 0 radical (unpaired) electrons. The molecule has 2 unspecified atom stereocenters. The van der Waals surface area contributed by atoms with E-state index in [0.717, 1.165) is 34.8 Å². The Hall–Kier alpha value is -1.85.